The summed E-state index contributed by atoms with van der Waals surface area (Å²) < 4.78 is 28.2. The Kier molecular flexibility index (Phi) is 6.87. The number of rotatable bonds is 7. The molecular weight excluding hydrogens is 282 g/mol. The smallest absolute Gasteiger partial charge is 0.387 e. The van der Waals surface area contributed by atoms with Crippen molar-refractivity contribution in [2.24, 2.45) is 5.92 Å². The second kappa shape index (κ2) is 8.41. The molecule has 0 bridgehead atoms. The maximum absolute atomic E-state index is 12.0. The van der Waals surface area contributed by atoms with E-state index < -0.39 is 12.6 Å². The lowest BCUT2D eigenvalue weighted by Gasteiger charge is -2.18. The first-order chi connectivity index (χ1) is 9.90. The van der Waals surface area contributed by atoms with Gasteiger partial charge in [0.2, 0.25) is 0 Å². The molecule has 0 saturated carbocycles. The zero-order valence-corrected chi connectivity index (χ0v) is 12.0. The largest absolute Gasteiger partial charge is 0.435 e. The van der Waals surface area contributed by atoms with Crippen LogP contribution in [0.25, 0.3) is 0 Å². The molecule has 7 heteroatoms. The first-order valence-electron chi connectivity index (χ1n) is 6.64. The number of ether oxygens (including phenoxy) is 1. The van der Waals surface area contributed by atoms with Gasteiger partial charge in [-0.25, -0.2) is 4.79 Å². The summed E-state index contributed by atoms with van der Waals surface area (Å²) in [5.41, 5.74) is 0.440. The number of alkyl halides is 2. The molecule has 1 unspecified atom stereocenters. The molecule has 1 atom stereocenters. The average molecular weight is 302 g/mol. The first-order valence-corrected chi connectivity index (χ1v) is 6.64. The molecule has 21 heavy (non-hydrogen) atoms. The van der Waals surface area contributed by atoms with Gasteiger partial charge in [0.15, 0.2) is 0 Å². The van der Waals surface area contributed by atoms with E-state index >= 15 is 0 Å². The van der Waals surface area contributed by atoms with Crippen LogP contribution < -0.4 is 15.4 Å². The zero-order chi connectivity index (χ0) is 15.8. The summed E-state index contributed by atoms with van der Waals surface area (Å²) in [6.45, 7) is 0.953. The van der Waals surface area contributed by atoms with E-state index in [0.29, 0.717) is 18.0 Å². The summed E-state index contributed by atoms with van der Waals surface area (Å²) >= 11 is 0. The first kappa shape index (κ1) is 17.2. The van der Waals surface area contributed by atoms with Crippen molar-refractivity contribution < 1.29 is 23.4 Å². The summed E-state index contributed by atoms with van der Waals surface area (Å²) in [4.78, 5) is 11.7. The summed E-state index contributed by atoms with van der Waals surface area (Å²) in [5.74, 6) is 0.359. The Morgan fingerprint density at radius 2 is 1.90 bits per heavy atom. The maximum Gasteiger partial charge on any atom is 0.387 e. The fraction of sp³-hybridized carbons (Fsp3) is 0.500. The number of anilines is 1. The van der Waals surface area contributed by atoms with E-state index in [9.17, 15) is 18.7 Å². The molecule has 2 amide bonds. The summed E-state index contributed by atoms with van der Waals surface area (Å²) in [6.07, 6.45) is 0.658. The third-order valence-corrected chi connectivity index (χ3v) is 2.65. The number of urea groups is 1. The molecule has 5 nitrogen and oxygen atoms in total. The predicted octanol–water partition coefficient (Wildman–Crippen LogP) is 2.82. The molecule has 0 saturated heterocycles. The van der Waals surface area contributed by atoms with Gasteiger partial charge in [0, 0.05) is 5.69 Å². The highest BCUT2D eigenvalue weighted by Crippen LogP contribution is 2.17. The Hall–Kier alpha value is -1.89. The molecule has 3 N–H and O–H groups in total. The second-order valence-electron chi connectivity index (χ2n) is 5.01. The summed E-state index contributed by atoms with van der Waals surface area (Å²) in [7, 11) is 0. The monoisotopic (exact) mass is 302 g/mol. The van der Waals surface area contributed by atoms with Crippen LogP contribution in [-0.2, 0) is 0 Å². The van der Waals surface area contributed by atoms with E-state index in [0.717, 1.165) is 0 Å². The Balaban J connectivity index is 2.50. The lowest BCUT2D eigenvalue weighted by Crippen LogP contribution is -2.40. The van der Waals surface area contributed by atoms with Crippen LogP contribution in [0.5, 0.6) is 5.75 Å². The number of hydrogen-bond acceptors (Lipinski definition) is 3. The van der Waals surface area contributed by atoms with Gasteiger partial charge in [-0.1, -0.05) is 13.8 Å². The Morgan fingerprint density at radius 1 is 1.29 bits per heavy atom. The minimum absolute atomic E-state index is 0.0176. The van der Waals surface area contributed by atoms with Gasteiger partial charge in [0.25, 0.3) is 0 Å². The molecule has 0 aliphatic heterocycles. The number of hydrogen-bond donors (Lipinski definition) is 3. The molecule has 0 aromatic heterocycles. The van der Waals surface area contributed by atoms with Crippen LogP contribution in [0.2, 0.25) is 0 Å². The minimum Gasteiger partial charge on any atom is -0.435 e. The van der Waals surface area contributed by atoms with Crippen LogP contribution >= 0.6 is 0 Å². The molecule has 1 aromatic carbocycles. The van der Waals surface area contributed by atoms with Crippen molar-refractivity contribution in [3.63, 3.8) is 0 Å². The van der Waals surface area contributed by atoms with Gasteiger partial charge in [0.1, 0.15) is 5.75 Å². The van der Waals surface area contributed by atoms with E-state index in [-0.39, 0.29) is 18.4 Å². The van der Waals surface area contributed by atoms with Gasteiger partial charge in [0.05, 0.1) is 12.6 Å². The van der Waals surface area contributed by atoms with Crippen LogP contribution in [0.15, 0.2) is 24.3 Å². The van der Waals surface area contributed by atoms with Crippen molar-refractivity contribution in [2.75, 3.05) is 11.9 Å². The molecule has 118 valence electrons. The van der Waals surface area contributed by atoms with E-state index in [1.54, 1.807) is 0 Å². The molecule has 0 spiro atoms. The summed E-state index contributed by atoms with van der Waals surface area (Å²) in [6, 6.07) is 4.78. The van der Waals surface area contributed by atoms with E-state index in [2.05, 4.69) is 15.4 Å². The number of amides is 2. The topological polar surface area (TPSA) is 70.6 Å². The van der Waals surface area contributed by atoms with Gasteiger partial charge in [-0.2, -0.15) is 8.78 Å². The number of nitrogens with one attached hydrogen (secondary N) is 2. The standard InChI is InChI=1S/C14H20F2N2O3/c1-9(2)7-11(8-19)18-14(20)17-10-3-5-12(6-4-10)21-13(15)16/h3-6,9,11,13,19H,7-8H2,1-2H3,(H2,17,18,20). The normalized spacial score (nSPS) is 12.3. The van der Waals surface area contributed by atoms with Gasteiger partial charge >= 0.3 is 12.6 Å². The van der Waals surface area contributed by atoms with Crippen molar-refractivity contribution in [3.05, 3.63) is 24.3 Å². The van der Waals surface area contributed by atoms with E-state index in [1.165, 1.54) is 24.3 Å². The number of halogens is 2. The maximum atomic E-state index is 12.0. The molecular formula is C14H20F2N2O3. The van der Waals surface area contributed by atoms with Crippen LogP contribution in [0, 0.1) is 5.92 Å². The summed E-state index contributed by atoms with van der Waals surface area (Å²) in [5, 5.41) is 14.4. The Bertz CT molecular complexity index is 438. The molecule has 0 aliphatic carbocycles. The SMILES string of the molecule is CC(C)CC(CO)NC(=O)Nc1ccc(OC(F)F)cc1. The van der Waals surface area contributed by atoms with Crippen molar-refractivity contribution >= 4 is 11.7 Å². The van der Waals surface area contributed by atoms with E-state index in [4.69, 9.17) is 0 Å². The number of benzene rings is 1. The molecule has 0 fully saturated rings. The molecule has 1 aromatic rings. The Morgan fingerprint density at radius 3 is 2.38 bits per heavy atom. The highest BCUT2D eigenvalue weighted by Gasteiger charge is 2.13. The second-order valence-corrected chi connectivity index (χ2v) is 5.01. The lowest BCUT2D eigenvalue weighted by molar-refractivity contribution is -0.0498. The van der Waals surface area contributed by atoms with E-state index in [1.807, 2.05) is 13.8 Å². The quantitative estimate of drug-likeness (QED) is 0.725. The number of aliphatic hydroxyl groups is 1. The third kappa shape index (κ3) is 6.89. The van der Waals surface area contributed by atoms with Crippen LogP contribution in [-0.4, -0.2) is 30.4 Å². The molecule has 0 radical (unpaired) electrons. The van der Waals surface area contributed by atoms with Gasteiger partial charge < -0.3 is 20.5 Å². The highest BCUT2D eigenvalue weighted by atomic mass is 19.3. The fourth-order valence-electron chi connectivity index (χ4n) is 1.82. The van der Waals surface area contributed by atoms with Crippen molar-refractivity contribution in [1.82, 2.24) is 5.32 Å². The van der Waals surface area contributed by atoms with Crippen LogP contribution in [0.4, 0.5) is 19.3 Å². The minimum atomic E-state index is -2.88. The third-order valence-electron chi connectivity index (χ3n) is 2.65. The molecule has 1 rings (SSSR count). The van der Waals surface area contributed by atoms with Crippen LogP contribution in [0.1, 0.15) is 20.3 Å². The highest BCUT2D eigenvalue weighted by molar-refractivity contribution is 5.89. The lowest BCUT2D eigenvalue weighted by atomic mass is 10.0. The number of aliphatic hydroxyl groups excluding tert-OH is 1. The molecule has 0 aliphatic rings. The van der Waals surface area contributed by atoms with Gasteiger partial charge in [-0.3, -0.25) is 0 Å². The fourth-order valence-corrected chi connectivity index (χ4v) is 1.82. The van der Waals surface area contributed by atoms with Crippen molar-refractivity contribution in [2.45, 2.75) is 32.9 Å². The number of carbonyl (C=O) groups excluding carboxylic acids is 1. The number of carbonyl (C=O) groups is 1. The molecule has 0 heterocycles. The average Bonchev–Trinajstić information content (AvgIpc) is 2.39. The van der Waals surface area contributed by atoms with Crippen molar-refractivity contribution in [3.8, 4) is 5.75 Å². The Labute approximate surface area is 122 Å². The van der Waals surface area contributed by atoms with Crippen molar-refractivity contribution in [1.29, 1.82) is 0 Å². The predicted molar refractivity (Wildman–Crippen MR) is 75.6 cm³/mol. The van der Waals surface area contributed by atoms with Gasteiger partial charge in [-0.15, -0.1) is 0 Å². The zero-order valence-electron chi connectivity index (χ0n) is 12.0. The van der Waals surface area contributed by atoms with Crippen LogP contribution in [0.3, 0.4) is 0 Å². The van der Waals surface area contributed by atoms with Gasteiger partial charge in [-0.05, 0) is 36.6 Å².